The van der Waals surface area contributed by atoms with Crippen LogP contribution in [0, 0.1) is 0 Å². The monoisotopic (exact) mass is 267 g/mol. The Morgan fingerprint density at radius 2 is 1.79 bits per heavy atom. The molecule has 4 heteroatoms. The number of rotatable bonds is 9. The fraction of sp³-hybridized carbons (Fsp3) is 0.600. The molecule has 0 radical (unpaired) electrons. The van der Waals surface area contributed by atoms with Gasteiger partial charge in [-0.25, -0.2) is 0 Å². The van der Waals surface area contributed by atoms with E-state index in [0.717, 1.165) is 37.4 Å². The van der Waals surface area contributed by atoms with E-state index in [4.69, 9.17) is 9.47 Å². The zero-order valence-corrected chi connectivity index (χ0v) is 12.1. The average molecular weight is 267 g/mol. The van der Waals surface area contributed by atoms with Gasteiger partial charge in [0.15, 0.2) is 0 Å². The van der Waals surface area contributed by atoms with Gasteiger partial charge in [0, 0.05) is 45.2 Å². The number of ether oxygens (including phenoxy) is 2. The van der Waals surface area contributed by atoms with E-state index in [9.17, 15) is 5.11 Å². The molecule has 0 unspecified atom stereocenters. The fourth-order valence-electron chi connectivity index (χ4n) is 2.08. The number of hydrogen-bond donors (Lipinski definition) is 1. The molecule has 0 saturated heterocycles. The number of benzene rings is 1. The highest BCUT2D eigenvalue weighted by Crippen LogP contribution is 2.26. The summed E-state index contributed by atoms with van der Waals surface area (Å²) < 4.78 is 10.3. The zero-order valence-electron chi connectivity index (χ0n) is 12.1. The van der Waals surface area contributed by atoms with E-state index in [-0.39, 0.29) is 0 Å². The van der Waals surface area contributed by atoms with Crippen LogP contribution in [0.1, 0.15) is 25.0 Å². The maximum absolute atomic E-state index is 9.87. The van der Waals surface area contributed by atoms with Crippen LogP contribution in [0.4, 0.5) is 5.69 Å². The first-order valence-electron chi connectivity index (χ1n) is 6.70. The van der Waals surface area contributed by atoms with E-state index in [0.29, 0.717) is 6.61 Å². The van der Waals surface area contributed by atoms with Crippen molar-refractivity contribution in [2.45, 2.75) is 19.4 Å². The lowest BCUT2D eigenvalue weighted by atomic mass is 10.1. The minimum Gasteiger partial charge on any atom is -0.389 e. The smallest absolute Gasteiger partial charge is 0.0781 e. The molecule has 0 aliphatic heterocycles. The van der Waals surface area contributed by atoms with Crippen molar-refractivity contribution in [1.82, 2.24) is 0 Å². The lowest BCUT2D eigenvalue weighted by molar-refractivity contribution is 0.189. The lowest BCUT2D eigenvalue weighted by Crippen LogP contribution is -2.30. The van der Waals surface area contributed by atoms with E-state index < -0.39 is 6.10 Å². The van der Waals surface area contributed by atoms with E-state index >= 15 is 0 Å². The zero-order chi connectivity index (χ0) is 14.1. The van der Waals surface area contributed by atoms with Gasteiger partial charge >= 0.3 is 0 Å². The Morgan fingerprint density at radius 1 is 1.11 bits per heavy atom. The van der Waals surface area contributed by atoms with Gasteiger partial charge in [-0.3, -0.25) is 0 Å². The molecule has 1 N–H and O–H groups in total. The molecule has 1 rings (SSSR count). The van der Waals surface area contributed by atoms with Crippen molar-refractivity contribution < 1.29 is 14.6 Å². The number of para-hydroxylation sites is 1. The minimum atomic E-state index is -0.469. The number of nitrogens with zero attached hydrogens (tertiary/aromatic N) is 1. The molecule has 0 amide bonds. The van der Waals surface area contributed by atoms with Crippen LogP contribution in [0.25, 0.3) is 0 Å². The van der Waals surface area contributed by atoms with Gasteiger partial charge in [0.05, 0.1) is 12.7 Å². The van der Waals surface area contributed by atoms with Crippen LogP contribution in [0.15, 0.2) is 24.3 Å². The molecule has 0 spiro atoms. The highest BCUT2D eigenvalue weighted by Gasteiger charge is 2.13. The number of anilines is 1. The van der Waals surface area contributed by atoms with E-state index in [1.54, 1.807) is 21.1 Å². The second kappa shape index (κ2) is 8.91. The molecule has 0 bridgehead atoms. The van der Waals surface area contributed by atoms with Crippen molar-refractivity contribution in [2.24, 2.45) is 0 Å². The Bertz CT molecular complexity index is 355. The molecular formula is C15H25NO3. The van der Waals surface area contributed by atoms with Crippen LogP contribution >= 0.6 is 0 Å². The first-order chi connectivity index (χ1) is 9.20. The fourth-order valence-corrected chi connectivity index (χ4v) is 2.08. The SMILES string of the molecule is COCCCN(CCOC)c1ccccc1[C@@H](C)O. The summed E-state index contributed by atoms with van der Waals surface area (Å²) >= 11 is 0. The van der Waals surface area contributed by atoms with Crippen LogP contribution in [0.2, 0.25) is 0 Å². The lowest BCUT2D eigenvalue weighted by Gasteiger charge is -2.27. The first-order valence-corrected chi connectivity index (χ1v) is 6.70. The van der Waals surface area contributed by atoms with Gasteiger partial charge in [-0.1, -0.05) is 18.2 Å². The normalized spacial score (nSPS) is 12.4. The standard InChI is InChI=1S/C15H25NO3/c1-13(17)14-7-4-5-8-15(14)16(10-12-19-3)9-6-11-18-2/h4-5,7-8,13,17H,6,9-12H2,1-3H3/t13-/m1/s1. The van der Waals surface area contributed by atoms with Gasteiger partial charge in [-0.15, -0.1) is 0 Å². The Labute approximate surface area is 115 Å². The van der Waals surface area contributed by atoms with E-state index in [1.165, 1.54) is 0 Å². The maximum atomic E-state index is 9.87. The maximum Gasteiger partial charge on any atom is 0.0781 e. The second-order valence-electron chi connectivity index (χ2n) is 4.56. The number of aliphatic hydroxyl groups excluding tert-OH is 1. The summed E-state index contributed by atoms with van der Waals surface area (Å²) in [4.78, 5) is 2.24. The Hall–Kier alpha value is -1.10. The third-order valence-corrected chi connectivity index (χ3v) is 3.07. The summed E-state index contributed by atoms with van der Waals surface area (Å²) in [6.07, 6.45) is 0.484. The predicted molar refractivity (Wildman–Crippen MR) is 77.7 cm³/mol. The van der Waals surface area contributed by atoms with Crippen LogP contribution in [0.5, 0.6) is 0 Å². The van der Waals surface area contributed by atoms with Crippen molar-refractivity contribution in [3.63, 3.8) is 0 Å². The van der Waals surface area contributed by atoms with Gasteiger partial charge in [0.1, 0.15) is 0 Å². The summed E-state index contributed by atoms with van der Waals surface area (Å²) in [5.74, 6) is 0. The van der Waals surface area contributed by atoms with Gasteiger partial charge in [0.2, 0.25) is 0 Å². The van der Waals surface area contributed by atoms with Crippen LogP contribution in [-0.2, 0) is 9.47 Å². The molecular weight excluding hydrogens is 242 g/mol. The molecule has 0 saturated carbocycles. The number of hydrogen-bond acceptors (Lipinski definition) is 4. The Kier molecular flexibility index (Phi) is 7.48. The molecule has 1 aromatic rings. The van der Waals surface area contributed by atoms with Gasteiger partial charge in [-0.2, -0.15) is 0 Å². The van der Waals surface area contributed by atoms with Gasteiger partial charge in [0.25, 0.3) is 0 Å². The van der Waals surface area contributed by atoms with Gasteiger partial charge < -0.3 is 19.5 Å². The minimum absolute atomic E-state index is 0.469. The van der Waals surface area contributed by atoms with Crippen molar-refractivity contribution in [2.75, 3.05) is 45.4 Å². The summed E-state index contributed by atoms with van der Waals surface area (Å²) in [5.41, 5.74) is 2.03. The van der Waals surface area contributed by atoms with Gasteiger partial charge in [-0.05, 0) is 19.4 Å². The topological polar surface area (TPSA) is 41.9 Å². The summed E-state index contributed by atoms with van der Waals surface area (Å²) in [5, 5.41) is 9.87. The molecule has 0 fully saturated rings. The second-order valence-corrected chi connectivity index (χ2v) is 4.56. The molecule has 19 heavy (non-hydrogen) atoms. The van der Waals surface area contributed by atoms with Crippen LogP contribution < -0.4 is 4.90 Å². The molecule has 1 atom stereocenters. The van der Waals surface area contributed by atoms with Crippen LogP contribution in [0.3, 0.4) is 0 Å². The number of methoxy groups -OCH3 is 2. The molecule has 0 aliphatic carbocycles. The van der Waals surface area contributed by atoms with Crippen molar-refractivity contribution in [3.05, 3.63) is 29.8 Å². The van der Waals surface area contributed by atoms with Crippen molar-refractivity contribution in [3.8, 4) is 0 Å². The third kappa shape index (κ3) is 5.19. The summed E-state index contributed by atoms with van der Waals surface area (Å²) in [6, 6.07) is 7.97. The largest absolute Gasteiger partial charge is 0.389 e. The molecule has 4 nitrogen and oxygen atoms in total. The van der Waals surface area contributed by atoms with E-state index in [2.05, 4.69) is 4.90 Å². The average Bonchev–Trinajstić information content (AvgIpc) is 2.42. The predicted octanol–water partition coefficient (Wildman–Crippen LogP) is 2.23. The quantitative estimate of drug-likeness (QED) is 0.697. The molecule has 0 aromatic heterocycles. The molecule has 108 valence electrons. The van der Waals surface area contributed by atoms with Crippen LogP contribution in [-0.4, -0.2) is 45.6 Å². The highest BCUT2D eigenvalue weighted by molar-refractivity contribution is 5.54. The van der Waals surface area contributed by atoms with Crippen molar-refractivity contribution >= 4 is 5.69 Å². The third-order valence-electron chi connectivity index (χ3n) is 3.07. The first kappa shape index (κ1) is 16.0. The highest BCUT2D eigenvalue weighted by atomic mass is 16.5. The summed E-state index contributed by atoms with van der Waals surface area (Å²) in [7, 11) is 3.41. The summed E-state index contributed by atoms with van der Waals surface area (Å²) in [6.45, 7) is 4.90. The molecule has 0 heterocycles. The molecule has 1 aromatic carbocycles. The number of aliphatic hydroxyl groups is 1. The van der Waals surface area contributed by atoms with E-state index in [1.807, 2.05) is 24.3 Å². The Balaban J connectivity index is 2.82. The Morgan fingerprint density at radius 3 is 2.42 bits per heavy atom. The van der Waals surface area contributed by atoms with Crippen molar-refractivity contribution in [1.29, 1.82) is 0 Å². The molecule has 0 aliphatic rings.